The van der Waals surface area contributed by atoms with E-state index in [9.17, 15) is 4.79 Å². The average Bonchev–Trinajstić information content (AvgIpc) is 3.13. The monoisotopic (exact) mass is 224 g/mol. The van der Waals surface area contributed by atoms with Crippen molar-refractivity contribution < 1.29 is 9.53 Å². The van der Waals surface area contributed by atoms with Crippen molar-refractivity contribution in [2.75, 3.05) is 6.61 Å². The molecule has 0 aromatic carbocycles. The summed E-state index contributed by atoms with van der Waals surface area (Å²) in [6, 6.07) is 0. The minimum Gasteiger partial charge on any atom is -0.461 e. The van der Waals surface area contributed by atoms with Crippen molar-refractivity contribution in [3.63, 3.8) is 0 Å². The van der Waals surface area contributed by atoms with Crippen molar-refractivity contribution in [3.8, 4) is 0 Å². The highest BCUT2D eigenvalue weighted by Crippen LogP contribution is 2.05. The molecule has 0 saturated heterocycles. The highest BCUT2D eigenvalue weighted by Gasteiger charge is 2.00. The molecule has 2 heteroatoms. The van der Waals surface area contributed by atoms with Crippen LogP contribution in [0.2, 0.25) is 0 Å². The van der Waals surface area contributed by atoms with E-state index < -0.39 is 0 Å². The van der Waals surface area contributed by atoms with Gasteiger partial charge in [-0.25, -0.2) is 0 Å². The second-order valence-corrected chi connectivity index (χ2v) is 3.84. The van der Waals surface area contributed by atoms with Crippen LogP contribution in [0.1, 0.15) is 51.9 Å². The molecule has 0 spiro atoms. The molecule has 2 nitrogen and oxygen atoms in total. The molecular formula is C14H24O2. The Morgan fingerprint density at radius 2 is 1.94 bits per heavy atom. The van der Waals surface area contributed by atoms with Gasteiger partial charge in [0.15, 0.2) is 0 Å². The van der Waals surface area contributed by atoms with Gasteiger partial charge in [-0.15, -0.1) is 0 Å². The molecular weight excluding hydrogens is 200 g/mol. The van der Waals surface area contributed by atoms with Crippen LogP contribution in [-0.4, -0.2) is 12.6 Å². The molecule has 0 fully saturated rings. The van der Waals surface area contributed by atoms with E-state index in [1.54, 1.807) is 6.08 Å². The van der Waals surface area contributed by atoms with Gasteiger partial charge in [0.25, 0.3) is 0 Å². The van der Waals surface area contributed by atoms with E-state index in [1.165, 1.54) is 25.7 Å². The van der Waals surface area contributed by atoms with Crippen LogP contribution in [0, 0.1) is 0 Å². The lowest BCUT2D eigenvalue weighted by atomic mass is 10.1. The Morgan fingerprint density at radius 3 is 2.44 bits per heavy atom. The van der Waals surface area contributed by atoms with Gasteiger partial charge in [0.2, 0.25) is 0 Å². The van der Waals surface area contributed by atoms with E-state index in [2.05, 4.69) is 25.7 Å². The summed E-state index contributed by atoms with van der Waals surface area (Å²) >= 11 is 0. The number of hydrogen-bond donors (Lipinski definition) is 0. The van der Waals surface area contributed by atoms with Gasteiger partial charge < -0.3 is 4.74 Å². The van der Waals surface area contributed by atoms with Crippen LogP contribution in [0.15, 0.2) is 24.8 Å². The summed E-state index contributed by atoms with van der Waals surface area (Å²) in [5.41, 5.74) is 0. The lowest BCUT2D eigenvalue weighted by Crippen LogP contribution is -2.03. The number of ether oxygens (including phenoxy) is 1. The zero-order valence-electron chi connectivity index (χ0n) is 10.4. The first kappa shape index (κ1) is 14.9. The molecule has 0 atom stereocenters. The fourth-order valence-electron chi connectivity index (χ4n) is 1.10. The molecule has 0 bridgehead atoms. The van der Waals surface area contributed by atoms with Gasteiger partial charge in [-0.05, 0) is 12.8 Å². The summed E-state index contributed by atoms with van der Waals surface area (Å²) in [6.45, 7) is 6.00. The summed E-state index contributed by atoms with van der Waals surface area (Å²) in [5.74, 6) is -0.101. The van der Waals surface area contributed by atoms with Gasteiger partial charge in [0.05, 0.1) is 0 Å². The highest BCUT2D eigenvalue weighted by molar-refractivity contribution is 5.69. The van der Waals surface area contributed by atoms with E-state index in [1.807, 2.05) is 0 Å². The molecule has 0 heterocycles. The minimum absolute atomic E-state index is 0.101. The quantitative estimate of drug-likeness (QED) is 0.353. The number of allylic oxidation sites excluding steroid dienone is 2. The third-order valence-electron chi connectivity index (χ3n) is 2.08. The van der Waals surface area contributed by atoms with Crippen LogP contribution in [0.4, 0.5) is 0 Å². The Balaban J connectivity index is 0.000000635. The Kier molecular flexibility index (Phi) is 11.2. The molecule has 0 aliphatic heterocycles. The lowest BCUT2D eigenvalue weighted by Gasteiger charge is -2.01. The van der Waals surface area contributed by atoms with Crippen molar-refractivity contribution >= 4 is 5.97 Å². The summed E-state index contributed by atoms with van der Waals surface area (Å²) in [6.07, 6.45) is 13.5. The van der Waals surface area contributed by atoms with Crippen LogP contribution in [0.3, 0.4) is 0 Å². The van der Waals surface area contributed by atoms with Gasteiger partial charge in [0, 0.05) is 6.42 Å². The minimum atomic E-state index is -0.101. The number of rotatable bonds is 8. The summed E-state index contributed by atoms with van der Waals surface area (Å²) in [5, 5.41) is 0. The molecule has 1 aliphatic carbocycles. The Morgan fingerprint density at radius 1 is 1.31 bits per heavy atom. The maximum atomic E-state index is 11.0. The number of carbonyl (C=O) groups is 1. The predicted octanol–water partition coefficient (Wildman–Crippen LogP) is 4.02. The van der Waals surface area contributed by atoms with Crippen LogP contribution < -0.4 is 0 Å². The molecule has 0 unspecified atom stereocenters. The largest absolute Gasteiger partial charge is 0.461 e. The highest BCUT2D eigenvalue weighted by atomic mass is 16.5. The van der Waals surface area contributed by atoms with Gasteiger partial charge >= 0.3 is 5.97 Å². The van der Waals surface area contributed by atoms with Crippen LogP contribution in [0.5, 0.6) is 0 Å². The molecule has 0 aromatic heterocycles. The average molecular weight is 224 g/mol. The van der Waals surface area contributed by atoms with Crippen LogP contribution >= 0.6 is 0 Å². The van der Waals surface area contributed by atoms with E-state index in [0.717, 1.165) is 12.8 Å². The summed E-state index contributed by atoms with van der Waals surface area (Å²) in [4.78, 5) is 11.0. The molecule has 1 rings (SSSR count). The van der Waals surface area contributed by atoms with Crippen LogP contribution in [0.25, 0.3) is 0 Å². The zero-order valence-corrected chi connectivity index (χ0v) is 10.4. The number of unbranched alkanes of at least 4 members (excludes halogenated alkanes) is 4. The van der Waals surface area contributed by atoms with E-state index in [0.29, 0.717) is 13.0 Å². The summed E-state index contributed by atoms with van der Waals surface area (Å²) in [7, 11) is 0. The SMILES string of the molecule is C1=CC1.C=CCOC(=O)CCCCCCC. The second-order valence-electron chi connectivity index (χ2n) is 3.84. The van der Waals surface area contributed by atoms with Gasteiger partial charge in [-0.2, -0.15) is 0 Å². The third kappa shape index (κ3) is 15.4. The first-order chi connectivity index (χ1) is 7.81. The zero-order chi connectivity index (χ0) is 12.1. The number of hydrogen-bond acceptors (Lipinski definition) is 2. The van der Waals surface area contributed by atoms with Crippen molar-refractivity contribution in [2.45, 2.75) is 51.9 Å². The fourth-order valence-corrected chi connectivity index (χ4v) is 1.10. The predicted molar refractivity (Wildman–Crippen MR) is 68.3 cm³/mol. The standard InChI is InChI=1S/C11H20O2.C3H4/c1-3-5-6-7-8-9-11(12)13-10-4-2;1-2-3-1/h4H,2-3,5-10H2,1H3;1-2H,3H2. The van der Waals surface area contributed by atoms with Crippen molar-refractivity contribution in [1.82, 2.24) is 0 Å². The van der Waals surface area contributed by atoms with Crippen molar-refractivity contribution in [3.05, 3.63) is 24.8 Å². The second kappa shape index (κ2) is 12.0. The Bertz CT molecular complexity index is 203. The number of carbonyl (C=O) groups excluding carboxylic acids is 1. The van der Waals surface area contributed by atoms with Gasteiger partial charge in [0.1, 0.15) is 6.61 Å². The Labute approximate surface area is 99.4 Å². The maximum Gasteiger partial charge on any atom is 0.306 e. The number of esters is 1. The maximum absolute atomic E-state index is 11.0. The molecule has 92 valence electrons. The van der Waals surface area contributed by atoms with Crippen molar-refractivity contribution in [1.29, 1.82) is 0 Å². The molecule has 0 N–H and O–H groups in total. The van der Waals surface area contributed by atoms with Gasteiger partial charge in [-0.1, -0.05) is 57.4 Å². The van der Waals surface area contributed by atoms with Crippen LogP contribution in [-0.2, 0) is 9.53 Å². The summed E-state index contributed by atoms with van der Waals surface area (Å²) < 4.78 is 4.84. The first-order valence-corrected chi connectivity index (χ1v) is 6.22. The topological polar surface area (TPSA) is 26.3 Å². The normalized spacial score (nSPS) is 11.3. The molecule has 0 saturated carbocycles. The Hall–Kier alpha value is -1.05. The fraction of sp³-hybridized carbons (Fsp3) is 0.643. The van der Waals surface area contributed by atoms with Gasteiger partial charge in [-0.3, -0.25) is 4.79 Å². The molecule has 16 heavy (non-hydrogen) atoms. The first-order valence-electron chi connectivity index (χ1n) is 6.22. The smallest absolute Gasteiger partial charge is 0.306 e. The third-order valence-corrected chi connectivity index (χ3v) is 2.08. The molecule has 0 radical (unpaired) electrons. The van der Waals surface area contributed by atoms with Crippen molar-refractivity contribution in [2.24, 2.45) is 0 Å². The molecule has 1 aliphatic rings. The lowest BCUT2D eigenvalue weighted by molar-refractivity contribution is -0.142. The molecule has 0 aromatic rings. The molecule has 0 amide bonds. The van der Waals surface area contributed by atoms with E-state index in [-0.39, 0.29) is 5.97 Å². The van der Waals surface area contributed by atoms with E-state index >= 15 is 0 Å². The van der Waals surface area contributed by atoms with E-state index in [4.69, 9.17) is 4.74 Å².